The molecular weight excluding hydrogens is 544 g/mol. The number of hydrogen-bond acceptors (Lipinski definition) is 6. The quantitative estimate of drug-likeness (QED) is 0.363. The van der Waals surface area contributed by atoms with Crippen molar-refractivity contribution in [3.8, 4) is 0 Å². The number of Topliss-reactive ketones (excluding diaryl/α,β-unsaturated/α-hetero) is 1. The van der Waals surface area contributed by atoms with Crippen LogP contribution in [0, 0.1) is 5.41 Å². The number of piperidine rings is 1. The fourth-order valence-corrected chi connectivity index (χ4v) is 5.87. The molecule has 2 aromatic carbocycles. The van der Waals surface area contributed by atoms with Gasteiger partial charge in [-0.05, 0) is 82.6 Å². The van der Waals surface area contributed by atoms with Gasteiger partial charge in [0.15, 0.2) is 5.78 Å². The van der Waals surface area contributed by atoms with Gasteiger partial charge >= 0.3 is 12.2 Å². The number of likely N-dealkylation sites (tertiary alicyclic amines) is 1. The predicted molar refractivity (Wildman–Crippen MR) is 157 cm³/mol. The van der Waals surface area contributed by atoms with Crippen LogP contribution in [0.15, 0.2) is 54.6 Å². The number of ketones is 1. The first-order valence-corrected chi connectivity index (χ1v) is 14.5. The number of carbonyl (C=O) groups is 3. The SMILES string of the molecule is CC(C)(C)OC(=O)N1CCC[C@@](CC(=O)[C@@H]2COC(C)(C)N2C(=O)OCc2ccccc2)(Cc2ccc(Cl)cc2)C1. The molecule has 0 spiro atoms. The van der Waals surface area contributed by atoms with Gasteiger partial charge in [-0.1, -0.05) is 54.1 Å². The van der Waals surface area contributed by atoms with Gasteiger partial charge in [0.2, 0.25) is 0 Å². The molecule has 41 heavy (non-hydrogen) atoms. The smallest absolute Gasteiger partial charge is 0.413 e. The topological polar surface area (TPSA) is 85.4 Å². The summed E-state index contributed by atoms with van der Waals surface area (Å²) in [6.45, 7) is 10.1. The molecule has 0 aromatic heterocycles. The predicted octanol–water partition coefficient (Wildman–Crippen LogP) is 6.63. The van der Waals surface area contributed by atoms with Crippen molar-refractivity contribution in [3.05, 3.63) is 70.7 Å². The van der Waals surface area contributed by atoms with Crippen LogP contribution in [0.2, 0.25) is 5.02 Å². The van der Waals surface area contributed by atoms with Crippen LogP contribution in [0.5, 0.6) is 0 Å². The highest BCUT2D eigenvalue weighted by Crippen LogP contribution is 2.40. The van der Waals surface area contributed by atoms with E-state index in [4.69, 9.17) is 25.8 Å². The van der Waals surface area contributed by atoms with Gasteiger partial charge in [0.25, 0.3) is 0 Å². The van der Waals surface area contributed by atoms with Crippen LogP contribution in [0.1, 0.15) is 65.0 Å². The standard InChI is InChI=1S/C32H41ClN2O6/c1-30(2,3)41-28(37)34-17-9-16-32(22-34,18-23-12-14-25(33)15-13-23)19-27(36)26-21-40-31(4,5)35(26)29(38)39-20-24-10-7-6-8-11-24/h6-8,10-15,26H,9,16-22H2,1-5H3/t26-,32-/m0/s1. The Labute approximate surface area is 247 Å². The molecule has 2 atom stereocenters. The van der Waals surface area contributed by atoms with Gasteiger partial charge < -0.3 is 19.1 Å². The van der Waals surface area contributed by atoms with E-state index in [1.165, 1.54) is 4.90 Å². The van der Waals surface area contributed by atoms with Crippen LogP contribution >= 0.6 is 11.6 Å². The van der Waals surface area contributed by atoms with E-state index in [-0.39, 0.29) is 31.5 Å². The average molecular weight is 585 g/mol. The fraction of sp³-hybridized carbons (Fsp3) is 0.531. The number of hydrogen-bond donors (Lipinski definition) is 0. The molecule has 2 fully saturated rings. The third kappa shape index (κ3) is 8.01. The van der Waals surface area contributed by atoms with Crippen LogP contribution in [-0.4, -0.2) is 64.8 Å². The van der Waals surface area contributed by atoms with E-state index in [9.17, 15) is 14.4 Å². The Morgan fingerprint density at radius 2 is 1.68 bits per heavy atom. The average Bonchev–Trinajstić information content (AvgIpc) is 3.23. The van der Waals surface area contributed by atoms with E-state index < -0.39 is 28.9 Å². The maximum atomic E-state index is 14.1. The highest BCUT2D eigenvalue weighted by Gasteiger charge is 2.50. The Balaban J connectivity index is 1.55. The summed E-state index contributed by atoms with van der Waals surface area (Å²) in [6, 6.07) is 16.2. The molecule has 2 heterocycles. The highest BCUT2D eigenvalue weighted by atomic mass is 35.5. The van der Waals surface area contributed by atoms with Gasteiger partial charge in [0, 0.05) is 24.5 Å². The van der Waals surface area contributed by atoms with Gasteiger partial charge in [-0.3, -0.25) is 9.69 Å². The van der Waals surface area contributed by atoms with Gasteiger partial charge in [-0.25, -0.2) is 9.59 Å². The second-order valence-corrected chi connectivity index (χ2v) is 13.1. The Hall–Kier alpha value is -3.10. The number of carbonyl (C=O) groups excluding carboxylic acids is 3. The van der Waals surface area contributed by atoms with Gasteiger partial charge in [0.1, 0.15) is 24.0 Å². The van der Waals surface area contributed by atoms with Crippen molar-refractivity contribution >= 4 is 29.6 Å². The third-order valence-corrected chi connectivity index (χ3v) is 7.87. The molecule has 0 bridgehead atoms. The lowest BCUT2D eigenvalue weighted by atomic mass is 9.71. The monoisotopic (exact) mass is 584 g/mol. The molecule has 2 aliphatic rings. The Bertz CT molecular complexity index is 1230. The van der Waals surface area contributed by atoms with Crippen LogP contribution in [-0.2, 0) is 32.0 Å². The van der Waals surface area contributed by atoms with E-state index in [1.807, 2.05) is 75.4 Å². The first kappa shape index (κ1) is 30.8. The van der Waals surface area contributed by atoms with Crippen molar-refractivity contribution in [2.75, 3.05) is 19.7 Å². The lowest BCUT2D eigenvalue weighted by Gasteiger charge is -2.43. The van der Waals surface area contributed by atoms with E-state index in [0.29, 0.717) is 24.5 Å². The van der Waals surface area contributed by atoms with E-state index >= 15 is 0 Å². The van der Waals surface area contributed by atoms with Gasteiger partial charge in [-0.15, -0.1) is 0 Å². The van der Waals surface area contributed by atoms with Crippen molar-refractivity contribution in [1.29, 1.82) is 0 Å². The third-order valence-electron chi connectivity index (χ3n) is 7.61. The maximum Gasteiger partial charge on any atom is 0.413 e. The minimum atomic E-state index is -1.01. The van der Waals surface area contributed by atoms with Crippen molar-refractivity contribution < 1.29 is 28.6 Å². The van der Waals surface area contributed by atoms with Gasteiger partial charge in [0.05, 0.1) is 6.61 Å². The van der Waals surface area contributed by atoms with Crippen molar-refractivity contribution in [3.63, 3.8) is 0 Å². The number of amides is 2. The minimum absolute atomic E-state index is 0.0824. The first-order chi connectivity index (χ1) is 19.3. The summed E-state index contributed by atoms with van der Waals surface area (Å²) in [5, 5.41) is 0.632. The first-order valence-electron chi connectivity index (χ1n) is 14.2. The van der Waals surface area contributed by atoms with Gasteiger partial charge in [-0.2, -0.15) is 0 Å². The van der Waals surface area contributed by atoms with Crippen LogP contribution in [0.4, 0.5) is 9.59 Å². The molecule has 0 N–H and O–H groups in total. The molecule has 2 amide bonds. The Morgan fingerprint density at radius 1 is 1.00 bits per heavy atom. The molecule has 2 aromatic rings. The normalized spacial score (nSPS) is 22.3. The highest BCUT2D eigenvalue weighted by molar-refractivity contribution is 6.30. The summed E-state index contributed by atoms with van der Waals surface area (Å²) in [7, 11) is 0. The lowest BCUT2D eigenvalue weighted by Crippen LogP contribution is -2.53. The number of rotatable bonds is 7. The largest absolute Gasteiger partial charge is 0.444 e. The van der Waals surface area contributed by atoms with Crippen LogP contribution < -0.4 is 0 Å². The number of halogens is 1. The Kier molecular flexibility index (Phi) is 9.34. The lowest BCUT2D eigenvalue weighted by molar-refractivity contribution is -0.127. The molecular formula is C32H41ClN2O6. The second kappa shape index (κ2) is 12.4. The number of ether oxygens (including phenoxy) is 3. The van der Waals surface area contributed by atoms with Crippen LogP contribution in [0.3, 0.4) is 0 Å². The van der Waals surface area contributed by atoms with Crippen molar-refractivity contribution in [2.45, 2.75) is 84.3 Å². The minimum Gasteiger partial charge on any atom is -0.444 e. The molecule has 4 rings (SSSR count). The molecule has 2 saturated heterocycles. The molecule has 2 aliphatic heterocycles. The molecule has 8 nitrogen and oxygen atoms in total. The summed E-state index contributed by atoms with van der Waals surface area (Å²) < 4.78 is 17.2. The summed E-state index contributed by atoms with van der Waals surface area (Å²) in [4.78, 5) is 43.6. The summed E-state index contributed by atoms with van der Waals surface area (Å²) in [6.07, 6.45) is 1.24. The fourth-order valence-electron chi connectivity index (χ4n) is 5.74. The Morgan fingerprint density at radius 3 is 2.34 bits per heavy atom. The molecule has 222 valence electrons. The van der Waals surface area contributed by atoms with Crippen molar-refractivity contribution in [1.82, 2.24) is 9.80 Å². The van der Waals surface area contributed by atoms with E-state index in [0.717, 1.165) is 24.0 Å². The van der Waals surface area contributed by atoms with E-state index in [1.54, 1.807) is 18.7 Å². The molecule has 0 unspecified atom stereocenters. The summed E-state index contributed by atoms with van der Waals surface area (Å²) in [5.41, 5.74) is -0.307. The zero-order valence-corrected chi connectivity index (χ0v) is 25.4. The molecule has 0 radical (unpaired) electrons. The summed E-state index contributed by atoms with van der Waals surface area (Å²) >= 11 is 6.14. The summed E-state index contributed by atoms with van der Waals surface area (Å²) in [5.74, 6) is -0.118. The van der Waals surface area contributed by atoms with Crippen LogP contribution in [0.25, 0.3) is 0 Å². The van der Waals surface area contributed by atoms with Crippen molar-refractivity contribution in [2.24, 2.45) is 5.41 Å². The second-order valence-electron chi connectivity index (χ2n) is 12.6. The maximum absolute atomic E-state index is 14.1. The van der Waals surface area contributed by atoms with E-state index in [2.05, 4.69) is 0 Å². The zero-order valence-electron chi connectivity index (χ0n) is 24.7. The molecule has 0 aliphatic carbocycles. The number of benzene rings is 2. The zero-order chi connectivity index (χ0) is 29.8. The number of nitrogens with zero attached hydrogens (tertiary/aromatic N) is 2. The molecule has 9 heteroatoms. The molecule has 0 saturated carbocycles.